The van der Waals surface area contributed by atoms with Crippen LogP contribution in [-0.4, -0.2) is 17.0 Å². The molecule has 7 nitrogen and oxygen atoms in total. The van der Waals surface area contributed by atoms with Crippen LogP contribution >= 0.6 is 0 Å². The first-order valence-corrected chi connectivity index (χ1v) is 10.2. The van der Waals surface area contributed by atoms with E-state index in [-0.39, 0.29) is 12.7 Å². The first kappa shape index (κ1) is 19.1. The maximum absolute atomic E-state index is 9.88. The topological polar surface area (TPSA) is 106 Å². The number of H-pyrrole nitrogens is 1. The number of aromatic nitrogens is 2. The first-order valence-electron chi connectivity index (χ1n) is 10.2. The van der Waals surface area contributed by atoms with Crippen LogP contribution in [0, 0.1) is 17.2 Å². The monoisotopic (exact) mass is 414 g/mol. The van der Waals surface area contributed by atoms with Crippen LogP contribution in [0.4, 0.5) is 0 Å². The van der Waals surface area contributed by atoms with Crippen molar-refractivity contribution in [1.29, 1.82) is 5.26 Å². The van der Waals surface area contributed by atoms with E-state index in [0.717, 1.165) is 28.8 Å². The molecule has 1 atom stereocenters. The smallest absolute Gasteiger partial charge is 0.244 e. The van der Waals surface area contributed by atoms with Crippen LogP contribution in [0.1, 0.15) is 36.5 Å². The highest BCUT2D eigenvalue weighted by Crippen LogP contribution is 2.47. The molecule has 0 radical (unpaired) electrons. The van der Waals surface area contributed by atoms with Crippen LogP contribution in [0.15, 0.2) is 53.9 Å². The Balaban J connectivity index is 1.62. The second-order valence-corrected chi connectivity index (χ2v) is 8.15. The summed E-state index contributed by atoms with van der Waals surface area (Å²) >= 11 is 0. The third-order valence-electron chi connectivity index (χ3n) is 5.56. The third kappa shape index (κ3) is 3.26. The van der Waals surface area contributed by atoms with Crippen molar-refractivity contribution in [1.82, 2.24) is 10.2 Å². The van der Waals surface area contributed by atoms with Crippen LogP contribution in [0.5, 0.6) is 17.4 Å². The molecular formula is C24H22N4O3. The second-order valence-electron chi connectivity index (χ2n) is 8.15. The summed E-state index contributed by atoms with van der Waals surface area (Å²) in [6.07, 6.45) is 1.02. The summed E-state index contributed by atoms with van der Waals surface area (Å²) in [6, 6.07) is 16.2. The molecule has 2 aliphatic heterocycles. The van der Waals surface area contributed by atoms with Crippen molar-refractivity contribution in [2.75, 3.05) is 6.79 Å². The predicted molar refractivity (Wildman–Crippen MR) is 114 cm³/mol. The van der Waals surface area contributed by atoms with E-state index in [4.69, 9.17) is 19.9 Å². The number of benzene rings is 2. The van der Waals surface area contributed by atoms with E-state index in [1.807, 2.05) is 18.2 Å². The van der Waals surface area contributed by atoms with Gasteiger partial charge in [0.15, 0.2) is 11.5 Å². The maximum atomic E-state index is 9.88. The second kappa shape index (κ2) is 7.40. The fourth-order valence-corrected chi connectivity index (χ4v) is 4.17. The minimum absolute atomic E-state index is 0.0583. The summed E-state index contributed by atoms with van der Waals surface area (Å²) in [6.45, 7) is 4.58. The Morgan fingerprint density at radius 2 is 1.94 bits per heavy atom. The van der Waals surface area contributed by atoms with Crippen LogP contribution in [0.2, 0.25) is 0 Å². The highest BCUT2D eigenvalue weighted by Gasteiger charge is 2.36. The summed E-state index contributed by atoms with van der Waals surface area (Å²) < 4.78 is 16.7. The van der Waals surface area contributed by atoms with Crippen molar-refractivity contribution in [3.05, 3.63) is 70.6 Å². The molecule has 0 aliphatic carbocycles. The van der Waals surface area contributed by atoms with Gasteiger partial charge in [-0.3, -0.25) is 5.10 Å². The lowest BCUT2D eigenvalue weighted by molar-refractivity contribution is 0.174. The van der Waals surface area contributed by atoms with Gasteiger partial charge in [-0.25, -0.2) is 0 Å². The number of rotatable bonds is 4. The largest absolute Gasteiger partial charge is 0.454 e. The van der Waals surface area contributed by atoms with E-state index < -0.39 is 5.92 Å². The van der Waals surface area contributed by atoms with Crippen molar-refractivity contribution < 1.29 is 14.2 Å². The minimum Gasteiger partial charge on any atom is -0.454 e. The fourth-order valence-electron chi connectivity index (χ4n) is 4.17. The molecular weight excluding hydrogens is 392 g/mol. The lowest BCUT2D eigenvalue weighted by Crippen LogP contribution is -2.21. The van der Waals surface area contributed by atoms with Gasteiger partial charge >= 0.3 is 0 Å². The van der Waals surface area contributed by atoms with Gasteiger partial charge in [0.25, 0.3) is 0 Å². The van der Waals surface area contributed by atoms with Gasteiger partial charge in [-0.2, -0.15) is 5.26 Å². The lowest BCUT2D eigenvalue weighted by atomic mass is 9.83. The van der Waals surface area contributed by atoms with Crippen LogP contribution in [0.3, 0.4) is 0 Å². The Morgan fingerprint density at radius 1 is 1.16 bits per heavy atom. The van der Waals surface area contributed by atoms with Gasteiger partial charge in [-0.15, -0.1) is 5.10 Å². The summed E-state index contributed by atoms with van der Waals surface area (Å²) in [7, 11) is 0. The average molecular weight is 414 g/mol. The van der Waals surface area contributed by atoms with E-state index in [9.17, 15) is 5.26 Å². The van der Waals surface area contributed by atoms with Gasteiger partial charge in [0.05, 0.1) is 17.2 Å². The number of allylic oxidation sites excluding steroid dienone is 1. The number of hydrogen-bond acceptors (Lipinski definition) is 6. The van der Waals surface area contributed by atoms with E-state index >= 15 is 0 Å². The van der Waals surface area contributed by atoms with Crippen LogP contribution < -0.4 is 19.9 Å². The molecule has 2 aromatic carbocycles. The molecule has 1 unspecified atom stereocenters. The zero-order chi connectivity index (χ0) is 21.5. The minimum atomic E-state index is -0.438. The summed E-state index contributed by atoms with van der Waals surface area (Å²) in [4.78, 5) is 0. The molecule has 5 rings (SSSR count). The van der Waals surface area contributed by atoms with E-state index in [1.165, 1.54) is 5.56 Å². The van der Waals surface area contributed by atoms with Gasteiger partial charge in [-0.1, -0.05) is 44.2 Å². The highest BCUT2D eigenvalue weighted by molar-refractivity contribution is 5.71. The van der Waals surface area contributed by atoms with E-state index in [0.29, 0.717) is 28.9 Å². The molecule has 2 aliphatic rings. The predicted octanol–water partition coefficient (Wildman–Crippen LogP) is 4.22. The van der Waals surface area contributed by atoms with Crippen LogP contribution in [0.25, 0.3) is 11.3 Å². The lowest BCUT2D eigenvalue weighted by Gasteiger charge is -2.24. The van der Waals surface area contributed by atoms with Gasteiger partial charge < -0.3 is 19.9 Å². The van der Waals surface area contributed by atoms with Crippen molar-refractivity contribution in [3.63, 3.8) is 0 Å². The number of aromatic amines is 1. The summed E-state index contributed by atoms with van der Waals surface area (Å²) in [5.41, 5.74) is 11.1. The van der Waals surface area contributed by atoms with Crippen LogP contribution in [-0.2, 0) is 6.42 Å². The molecule has 0 bridgehead atoms. The number of nitriles is 1. The third-order valence-corrected chi connectivity index (χ3v) is 5.56. The Morgan fingerprint density at radius 3 is 2.68 bits per heavy atom. The van der Waals surface area contributed by atoms with Crippen molar-refractivity contribution in [2.24, 2.45) is 11.7 Å². The molecule has 3 N–H and O–H groups in total. The first-order chi connectivity index (χ1) is 15.0. The molecule has 0 fully saturated rings. The molecule has 1 aromatic heterocycles. The molecule has 3 heterocycles. The zero-order valence-electron chi connectivity index (χ0n) is 17.3. The molecule has 0 amide bonds. The standard InChI is InChI=1S/C24H22N4O3/c1-13(2)9-14-3-5-15(6-4-14)22-21-20(16-7-8-18-19(10-16)30-12-29-18)17(11-25)23(26)31-24(21)28-27-22/h3-8,10,13,20H,9,12,26H2,1-2H3,(H,27,28). The number of nitrogens with zero attached hydrogens (tertiary/aromatic N) is 2. The Kier molecular flexibility index (Phi) is 4.55. The van der Waals surface area contributed by atoms with Crippen molar-refractivity contribution in [3.8, 4) is 34.7 Å². The Bertz CT molecular complexity index is 1220. The molecule has 0 saturated carbocycles. The molecule has 3 aromatic rings. The molecule has 7 heteroatoms. The van der Waals surface area contributed by atoms with Gasteiger partial charge in [0.1, 0.15) is 11.6 Å². The van der Waals surface area contributed by atoms with Gasteiger partial charge in [0, 0.05) is 5.56 Å². The fraction of sp³-hybridized carbons (Fsp3) is 0.250. The van der Waals surface area contributed by atoms with Crippen molar-refractivity contribution >= 4 is 0 Å². The zero-order valence-corrected chi connectivity index (χ0v) is 17.3. The van der Waals surface area contributed by atoms with Crippen molar-refractivity contribution in [2.45, 2.75) is 26.2 Å². The SMILES string of the molecule is CC(C)Cc1ccc(-c2[nH]nc3c2C(c2ccc4c(c2)OCO4)C(C#N)=C(N)O3)cc1. The summed E-state index contributed by atoms with van der Waals surface area (Å²) in [5.74, 6) is 1.90. The number of ether oxygens (including phenoxy) is 3. The molecule has 31 heavy (non-hydrogen) atoms. The van der Waals surface area contributed by atoms with E-state index in [2.05, 4.69) is 54.4 Å². The van der Waals surface area contributed by atoms with E-state index in [1.54, 1.807) is 0 Å². The quantitative estimate of drug-likeness (QED) is 0.662. The van der Waals surface area contributed by atoms with Gasteiger partial charge in [0.2, 0.25) is 18.6 Å². The Hall–Kier alpha value is -3.92. The van der Waals surface area contributed by atoms with Gasteiger partial charge in [-0.05, 0) is 35.6 Å². The molecule has 156 valence electrons. The molecule has 0 saturated heterocycles. The Labute approximate surface area is 180 Å². The number of nitrogens with one attached hydrogen (secondary N) is 1. The highest BCUT2D eigenvalue weighted by atomic mass is 16.7. The normalized spacial score (nSPS) is 16.8. The number of hydrogen-bond donors (Lipinski definition) is 2. The summed E-state index contributed by atoms with van der Waals surface area (Å²) in [5, 5.41) is 17.3. The number of nitrogens with two attached hydrogens (primary N) is 1. The maximum Gasteiger partial charge on any atom is 0.244 e. The number of fused-ring (bicyclic) bond motifs is 2. The average Bonchev–Trinajstić information content (AvgIpc) is 3.39. The molecule has 0 spiro atoms.